The number of hydrogen-bond donors (Lipinski definition) is 1. The standard InChI is InChI=1S/C26H25NO4/c1-18-9-7-10-19(2)25(18)27-24(28)17-31-26(29)23(21-12-5-4-6-13-21)16-20-11-8-14-22(15-20)30-3/h4-16H,17H2,1-3H3,(H,27,28)/b23-16+. The van der Waals surface area contributed by atoms with Crippen LogP contribution in [0.1, 0.15) is 22.3 Å². The maximum absolute atomic E-state index is 12.9. The van der Waals surface area contributed by atoms with E-state index in [0.717, 1.165) is 22.4 Å². The summed E-state index contributed by atoms with van der Waals surface area (Å²) in [4.78, 5) is 25.3. The molecule has 5 nitrogen and oxygen atoms in total. The van der Waals surface area contributed by atoms with Gasteiger partial charge in [-0.15, -0.1) is 0 Å². The van der Waals surface area contributed by atoms with Crippen LogP contribution < -0.4 is 10.1 Å². The molecular formula is C26H25NO4. The fourth-order valence-corrected chi connectivity index (χ4v) is 3.17. The summed E-state index contributed by atoms with van der Waals surface area (Å²) in [5, 5.41) is 2.83. The van der Waals surface area contributed by atoms with Crippen molar-refractivity contribution in [3.8, 4) is 5.75 Å². The average molecular weight is 415 g/mol. The van der Waals surface area contributed by atoms with Crippen molar-refractivity contribution in [2.75, 3.05) is 19.0 Å². The van der Waals surface area contributed by atoms with Crippen LogP contribution in [0.25, 0.3) is 11.6 Å². The van der Waals surface area contributed by atoms with Gasteiger partial charge in [0.2, 0.25) is 0 Å². The maximum Gasteiger partial charge on any atom is 0.339 e. The number of carbonyl (C=O) groups is 2. The third-order valence-electron chi connectivity index (χ3n) is 4.79. The highest BCUT2D eigenvalue weighted by atomic mass is 16.5. The molecule has 0 saturated carbocycles. The smallest absolute Gasteiger partial charge is 0.339 e. The fraction of sp³-hybridized carbons (Fsp3) is 0.154. The zero-order valence-electron chi connectivity index (χ0n) is 17.8. The van der Waals surface area contributed by atoms with Crippen LogP contribution in [-0.2, 0) is 14.3 Å². The number of esters is 1. The molecule has 0 aliphatic carbocycles. The summed E-state index contributed by atoms with van der Waals surface area (Å²) < 4.78 is 10.6. The molecule has 0 aliphatic rings. The van der Waals surface area contributed by atoms with E-state index < -0.39 is 5.97 Å². The Kier molecular flexibility index (Phi) is 7.22. The Labute approximate surface area is 182 Å². The first-order valence-corrected chi connectivity index (χ1v) is 9.92. The largest absolute Gasteiger partial charge is 0.497 e. The van der Waals surface area contributed by atoms with Gasteiger partial charge in [0, 0.05) is 5.69 Å². The Morgan fingerprint density at radius 2 is 1.58 bits per heavy atom. The minimum atomic E-state index is -0.578. The summed E-state index contributed by atoms with van der Waals surface area (Å²) in [6.45, 7) is 3.45. The summed E-state index contributed by atoms with van der Waals surface area (Å²) in [7, 11) is 1.59. The molecule has 1 amide bonds. The van der Waals surface area contributed by atoms with E-state index in [9.17, 15) is 9.59 Å². The molecule has 3 rings (SSSR count). The van der Waals surface area contributed by atoms with E-state index in [-0.39, 0.29) is 12.5 Å². The van der Waals surface area contributed by atoms with Crippen molar-refractivity contribution in [2.24, 2.45) is 0 Å². The molecule has 0 aromatic heterocycles. The maximum atomic E-state index is 12.9. The molecule has 0 unspecified atom stereocenters. The van der Waals surface area contributed by atoms with Crippen LogP contribution in [0.3, 0.4) is 0 Å². The molecule has 3 aromatic rings. The van der Waals surface area contributed by atoms with E-state index in [4.69, 9.17) is 9.47 Å². The first kappa shape index (κ1) is 21.8. The van der Waals surface area contributed by atoms with Crippen LogP contribution in [0.15, 0.2) is 72.8 Å². The Balaban J connectivity index is 1.77. The average Bonchev–Trinajstić information content (AvgIpc) is 2.79. The number of nitrogens with one attached hydrogen (secondary N) is 1. The van der Waals surface area contributed by atoms with Gasteiger partial charge in [-0.25, -0.2) is 4.79 Å². The molecule has 0 radical (unpaired) electrons. The first-order valence-electron chi connectivity index (χ1n) is 9.92. The predicted molar refractivity (Wildman–Crippen MR) is 123 cm³/mol. The SMILES string of the molecule is COc1cccc(/C=C(/C(=O)OCC(=O)Nc2c(C)cccc2C)c2ccccc2)c1. The second kappa shape index (κ2) is 10.3. The van der Waals surface area contributed by atoms with Gasteiger partial charge in [-0.05, 0) is 54.3 Å². The summed E-state index contributed by atoms with van der Waals surface area (Å²) in [6.07, 6.45) is 1.73. The van der Waals surface area contributed by atoms with E-state index in [2.05, 4.69) is 5.32 Å². The summed E-state index contributed by atoms with van der Waals surface area (Å²) in [5.41, 5.74) is 4.47. The topological polar surface area (TPSA) is 64.6 Å². The van der Waals surface area contributed by atoms with Gasteiger partial charge in [0.1, 0.15) is 5.75 Å². The van der Waals surface area contributed by atoms with Crippen LogP contribution >= 0.6 is 0 Å². The molecular weight excluding hydrogens is 390 g/mol. The number of carbonyl (C=O) groups excluding carboxylic acids is 2. The number of rotatable bonds is 7. The fourth-order valence-electron chi connectivity index (χ4n) is 3.17. The van der Waals surface area contributed by atoms with Gasteiger partial charge in [0.15, 0.2) is 6.61 Å². The summed E-state index contributed by atoms with van der Waals surface area (Å²) in [5.74, 6) is -0.285. The zero-order chi connectivity index (χ0) is 22.2. The molecule has 0 saturated heterocycles. The first-order chi connectivity index (χ1) is 15.0. The van der Waals surface area contributed by atoms with Gasteiger partial charge < -0.3 is 14.8 Å². The Morgan fingerprint density at radius 1 is 0.903 bits per heavy atom. The number of hydrogen-bond acceptors (Lipinski definition) is 4. The van der Waals surface area contributed by atoms with Crippen molar-refractivity contribution in [2.45, 2.75) is 13.8 Å². The third kappa shape index (κ3) is 5.82. The lowest BCUT2D eigenvalue weighted by molar-refractivity contribution is -0.141. The normalized spacial score (nSPS) is 11.0. The van der Waals surface area contributed by atoms with Gasteiger partial charge in [-0.3, -0.25) is 4.79 Å². The summed E-state index contributed by atoms with van der Waals surface area (Å²) >= 11 is 0. The molecule has 0 bridgehead atoms. The molecule has 0 heterocycles. The lowest BCUT2D eigenvalue weighted by Crippen LogP contribution is -2.22. The predicted octanol–water partition coefficient (Wildman–Crippen LogP) is 5.03. The molecule has 0 aliphatic heterocycles. The molecule has 1 N–H and O–H groups in total. The van der Waals surface area contributed by atoms with Crippen molar-refractivity contribution in [3.63, 3.8) is 0 Å². The van der Waals surface area contributed by atoms with Crippen LogP contribution in [0.5, 0.6) is 5.75 Å². The molecule has 158 valence electrons. The van der Waals surface area contributed by atoms with Gasteiger partial charge in [0.05, 0.1) is 12.7 Å². The second-order valence-corrected chi connectivity index (χ2v) is 7.09. The highest BCUT2D eigenvalue weighted by molar-refractivity contribution is 6.22. The number of ether oxygens (including phenoxy) is 2. The second-order valence-electron chi connectivity index (χ2n) is 7.09. The molecule has 31 heavy (non-hydrogen) atoms. The Morgan fingerprint density at radius 3 is 2.26 bits per heavy atom. The van der Waals surface area contributed by atoms with Crippen LogP contribution in [0, 0.1) is 13.8 Å². The summed E-state index contributed by atoms with van der Waals surface area (Å²) in [6, 6.07) is 22.3. The van der Waals surface area contributed by atoms with Crippen molar-refractivity contribution in [1.82, 2.24) is 0 Å². The highest BCUT2D eigenvalue weighted by Gasteiger charge is 2.16. The van der Waals surface area contributed by atoms with Gasteiger partial charge >= 0.3 is 5.97 Å². The third-order valence-corrected chi connectivity index (χ3v) is 4.79. The molecule has 5 heteroatoms. The van der Waals surface area contributed by atoms with Crippen molar-refractivity contribution in [3.05, 3.63) is 95.1 Å². The minimum absolute atomic E-state index is 0.355. The number of benzene rings is 3. The number of methoxy groups -OCH3 is 1. The number of amides is 1. The van der Waals surface area contributed by atoms with E-state index >= 15 is 0 Å². The van der Waals surface area contributed by atoms with E-state index in [1.807, 2.05) is 86.6 Å². The van der Waals surface area contributed by atoms with Crippen molar-refractivity contribution < 1.29 is 19.1 Å². The number of anilines is 1. The van der Waals surface area contributed by atoms with Crippen molar-refractivity contribution in [1.29, 1.82) is 0 Å². The monoisotopic (exact) mass is 415 g/mol. The van der Waals surface area contributed by atoms with Crippen LogP contribution in [0.2, 0.25) is 0 Å². The lowest BCUT2D eigenvalue weighted by Gasteiger charge is -2.12. The van der Waals surface area contributed by atoms with E-state index in [1.165, 1.54) is 0 Å². The molecule has 0 fully saturated rings. The van der Waals surface area contributed by atoms with Crippen LogP contribution in [0.4, 0.5) is 5.69 Å². The zero-order valence-corrected chi connectivity index (χ0v) is 17.8. The quantitative estimate of drug-likeness (QED) is 0.334. The Hall–Kier alpha value is -3.86. The molecule has 0 atom stereocenters. The highest BCUT2D eigenvalue weighted by Crippen LogP contribution is 2.23. The van der Waals surface area contributed by atoms with Gasteiger partial charge in [-0.1, -0.05) is 60.7 Å². The van der Waals surface area contributed by atoms with E-state index in [1.54, 1.807) is 13.2 Å². The van der Waals surface area contributed by atoms with Gasteiger partial charge in [0.25, 0.3) is 5.91 Å². The van der Waals surface area contributed by atoms with Crippen molar-refractivity contribution >= 4 is 29.2 Å². The molecule has 3 aromatic carbocycles. The van der Waals surface area contributed by atoms with Crippen LogP contribution in [-0.4, -0.2) is 25.6 Å². The minimum Gasteiger partial charge on any atom is -0.497 e. The number of para-hydroxylation sites is 1. The number of aryl methyl sites for hydroxylation is 2. The Bertz CT molecular complexity index is 1080. The molecule has 0 spiro atoms. The van der Waals surface area contributed by atoms with Gasteiger partial charge in [-0.2, -0.15) is 0 Å². The van der Waals surface area contributed by atoms with E-state index in [0.29, 0.717) is 16.9 Å². The lowest BCUT2D eigenvalue weighted by atomic mass is 10.0.